The molecule has 6 rings (SSSR count). The lowest BCUT2D eigenvalue weighted by Crippen LogP contribution is -2.58. The Morgan fingerprint density at radius 1 is 0.918 bits per heavy atom. The van der Waals surface area contributed by atoms with Crippen molar-refractivity contribution in [3.8, 4) is 5.88 Å². The van der Waals surface area contributed by atoms with Gasteiger partial charge in [-0.05, 0) is 99.2 Å². The molecule has 0 aromatic carbocycles. The Morgan fingerprint density at radius 2 is 1.55 bits per heavy atom. The van der Waals surface area contributed by atoms with Crippen LogP contribution in [-0.4, -0.2) is 45.5 Å². The van der Waals surface area contributed by atoms with E-state index < -0.39 is 11.6 Å². The number of methoxy groups -OCH3 is 1. The van der Waals surface area contributed by atoms with E-state index in [0.717, 1.165) is 57.2 Å². The highest BCUT2D eigenvalue weighted by Gasteiger charge is 2.56. The van der Waals surface area contributed by atoms with Crippen molar-refractivity contribution in [3.63, 3.8) is 0 Å². The van der Waals surface area contributed by atoms with E-state index in [1.54, 1.807) is 4.52 Å². The zero-order valence-corrected chi connectivity index (χ0v) is 32.2. The fourth-order valence-corrected chi connectivity index (χ4v) is 11.0. The smallest absolute Gasteiger partial charge is 0.332 e. The molecule has 2 heterocycles. The summed E-state index contributed by atoms with van der Waals surface area (Å²) in [5.41, 5.74) is -0.0000500. The summed E-state index contributed by atoms with van der Waals surface area (Å²) in [5.74, 6) is 3.55. The van der Waals surface area contributed by atoms with Gasteiger partial charge in [0.1, 0.15) is 17.0 Å². The van der Waals surface area contributed by atoms with Crippen molar-refractivity contribution in [3.05, 3.63) is 22.8 Å². The van der Waals surface area contributed by atoms with Crippen molar-refractivity contribution in [2.24, 2.45) is 46.3 Å². The molecule has 4 fully saturated rings. The molecular formula is C41H64N4O4. The van der Waals surface area contributed by atoms with Crippen molar-refractivity contribution in [1.82, 2.24) is 14.6 Å². The van der Waals surface area contributed by atoms with E-state index in [1.807, 2.05) is 7.11 Å². The van der Waals surface area contributed by atoms with Gasteiger partial charge in [-0.15, -0.1) is 0 Å². The van der Waals surface area contributed by atoms with Gasteiger partial charge in [-0.3, -0.25) is 5.10 Å². The molecule has 0 amide bonds. The Bertz CT molecular complexity index is 1500. The van der Waals surface area contributed by atoms with Crippen molar-refractivity contribution in [1.29, 1.82) is 0 Å². The maximum atomic E-state index is 14.9. The van der Waals surface area contributed by atoms with Gasteiger partial charge in [0.25, 0.3) is 5.69 Å². The van der Waals surface area contributed by atoms with E-state index in [4.69, 9.17) is 25.8 Å². The van der Waals surface area contributed by atoms with Gasteiger partial charge in [-0.1, -0.05) is 74.7 Å². The lowest BCUT2D eigenvalue weighted by atomic mass is 9.53. The minimum atomic E-state index is -0.728. The van der Waals surface area contributed by atoms with Crippen LogP contribution in [0.15, 0.2) is 0 Å². The molecule has 6 atom stereocenters. The Kier molecular flexibility index (Phi) is 10.0. The quantitative estimate of drug-likeness (QED) is 0.243. The molecule has 2 aromatic rings. The molecular weight excluding hydrogens is 612 g/mol. The number of carbonyl (C=O) groups is 1. The van der Waals surface area contributed by atoms with Crippen molar-refractivity contribution in [2.45, 2.75) is 163 Å². The second-order valence-electron chi connectivity index (χ2n) is 19.0. The molecule has 49 heavy (non-hydrogen) atoms. The fourth-order valence-electron chi connectivity index (χ4n) is 11.0. The molecule has 0 spiro atoms. The molecule has 8 nitrogen and oxygen atoms in total. The molecule has 4 aliphatic carbocycles. The third-order valence-electron chi connectivity index (χ3n) is 13.4. The molecule has 0 saturated heterocycles. The predicted octanol–water partition coefficient (Wildman–Crippen LogP) is 10.5. The summed E-state index contributed by atoms with van der Waals surface area (Å²) in [6.07, 6.45) is 13.3. The van der Waals surface area contributed by atoms with Crippen LogP contribution in [0.3, 0.4) is 0 Å². The van der Waals surface area contributed by atoms with Gasteiger partial charge in [0, 0.05) is 24.9 Å². The lowest BCUT2D eigenvalue weighted by molar-refractivity contribution is -0.160. The summed E-state index contributed by atoms with van der Waals surface area (Å²) in [6.45, 7) is 28.8. The number of hydrogen-bond donors (Lipinski definition) is 1. The van der Waals surface area contributed by atoms with Crippen molar-refractivity contribution >= 4 is 17.3 Å². The average Bonchev–Trinajstić information content (AvgIpc) is 3.58. The van der Waals surface area contributed by atoms with Crippen LogP contribution in [-0.2, 0) is 9.47 Å². The summed E-state index contributed by atoms with van der Waals surface area (Å²) < 4.78 is 21.7. The van der Waals surface area contributed by atoms with E-state index in [9.17, 15) is 4.79 Å². The van der Waals surface area contributed by atoms with Crippen LogP contribution in [0.4, 0.5) is 5.69 Å². The van der Waals surface area contributed by atoms with Crippen LogP contribution in [0.2, 0.25) is 0 Å². The van der Waals surface area contributed by atoms with Gasteiger partial charge >= 0.3 is 5.97 Å². The zero-order chi connectivity index (χ0) is 35.5. The van der Waals surface area contributed by atoms with E-state index in [0.29, 0.717) is 35.2 Å². The maximum Gasteiger partial charge on any atom is 0.332 e. The average molecular weight is 677 g/mol. The Hall–Kier alpha value is -2.53. The highest BCUT2D eigenvalue weighted by Crippen LogP contribution is 2.56. The van der Waals surface area contributed by atoms with E-state index >= 15 is 0 Å². The second kappa shape index (κ2) is 13.5. The molecule has 0 bridgehead atoms. The SMILES string of the molecule is [C-]#[N+]c1c(C(=O)OC2(C)C(C(C)(C)C)CC(C)CC2C(C)(C)C)c2nc(C3CCC4CCCCC4C3OC)[nH]n2c1OC1CCC(C)CC1. The second-order valence-corrected chi connectivity index (χ2v) is 19.0. The number of hydrogen-bond acceptors (Lipinski definition) is 5. The Morgan fingerprint density at radius 3 is 2.14 bits per heavy atom. The predicted molar refractivity (Wildman–Crippen MR) is 194 cm³/mol. The van der Waals surface area contributed by atoms with Gasteiger partial charge in [-0.25, -0.2) is 19.1 Å². The molecule has 272 valence electrons. The lowest BCUT2D eigenvalue weighted by Gasteiger charge is -2.56. The topological polar surface area (TPSA) is 82.2 Å². The first-order valence-corrected chi connectivity index (χ1v) is 19.5. The number of carbonyl (C=O) groups excluding carboxylic acids is 1. The number of ether oxygens (including phenoxy) is 3. The minimum Gasteiger partial charge on any atom is -0.483 e. The summed E-state index contributed by atoms with van der Waals surface area (Å²) in [6, 6.07) is 0. The Labute approximate surface area is 295 Å². The van der Waals surface area contributed by atoms with Gasteiger partial charge in [-0.2, -0.15) is 0 Å². The maximum absolute atomic E-state index is 14.9. The summed E-state index contributed by atoms with van der Waals surface area (Å²) >= 11 is 0. The van der Waals surface area contributed by atoms with E-state index in [1.165, 1.54) is 25.7 Å². The van der Waals surface area contributed by atoms with Crippen molar-refractivity contribution < 1.29 is 19.0 Å². The van der Waals surface area contributed by atoms with Crippen LogP contribution in [0, 0.1) is 52.9 Å². The normalized spacial score (nSPS) is 35.8. The molecule has 0 radical (unpaired) electrons. The number of nitrogens with zero attached hydrogens (tertiary/aromatic N) is 3. The summed E-state index contributed by atoms with van der Waals surface area (Å²) in [4.78, 5) is 24.1. The first kappa shape index (κ1) is 36.3. The third kappa shape index (κ3) is 6.79. The summed E-state index contributed by atoms with van der Waals surface area (Å²) in [5, 5.41) is 3.58. The highest BCUT2D eigenvalue weighted by atomic mass is 16.6. The number of aromatic amines is 1. The number of H-pyrrole nitrogens is 1. The van der Waals surface area contributed by atoms with E-state index in [-0.39, 0.29) is 52.0 Å². The zero-order valence-electron chi connectivity index (χ0n) is 32.2. The molecule has 4 saturated carbocycles. The largest absolute Gasteiger partial charge is 0.483 e. The molecule has 8 heteroatoms. The first-order chi connectivity index (χ1) is 23.1. The molecule has 1 N–H and O–H groups in total. The first-order valence-electron chi connectivity index (χ1n) is 19.5. The van der Waals surface area contributed by atoms with Crippen LogP contribution in [0.25, 0.3) is 10.5 Å². The highest BCUT2D eigenvalue weighted by molar-refractivity contribution is 6.04. The third-order valence-corrected chi connectivity index (χ3v) is 13.4. The number of nitrogens with one attached hydrogen (secondary N) is 1. The number of rotatable bonds is 6. The Balaban J connectivity index is 1.44. The number of fused-ring (bicyclic) bond motifs is 2. The van der Waals surface area contributed by atoms with Gasteiger partial charge in [0.2, 0.25) is 5.88 Å². The molecule has 0 aliphatic heterocycles. The van der Waals surface area contributed by atoms with Gasteiger partial charge in [0.05, 0.1) is 18.8 Å². The van der Waals surface area contributed by atoms with Crippen LogP contribution < -0.4 is 4.74 Å². The van der Waals surface area contributed by atoms with E-state index in [2.05, 4.69) is 72.3 Å². The number of aromatic nitrogens is 3. The summed E-state index contributed by atoms with van der Waals surface area (Å²) in [7, 11) is 1.84. The minimum absolute atomic E-state index is 0.0114. The monoisotopic (exact) mass is 676 g/mol. The van der Waals surface area contributed by atoms with Gasteiger partial charge in [0.15, 0.2) is 5.65 Å². The fraction of sp³-hybridized carbons (Fsp3) is 0.829. The van der Waals surface area contributed by atoms with Crippen molar-refractivity contribution in [2.75, 3.05) is 7.11 Å². The van der Waals surface area contributed by atoms with Crippen LogP contribution in [0.5, 0.6) is 5.88 Å². The molecule has 6 unspecified atom stereocenters. The standard InChI is InChI=1S/C41H64N4O4/c1-24-16-19-27(20-17-24)48-37-33(42-10)32(38(46)49-41(9)30(39(3,4)5)22-25(2)23-31(41)40(6,7)8)36-43-35(44-45(36)37)29-21-18-26-14-12-13-15-28(26)34(29)47-11/h24-31,34H,12-23H2,1-9,11H3,(H,43,44). The molecule has 2 aromatic heterocycles. The van der Waals surface area contributed by atoms with Gasteiger partial charge < -0.3 is 14.2 Å². The number of esters is 1. The van der Waals surface area contributed by atoms with Crippen LogP contribution >= 0.6 is 0 Å². The molecule has 4 aliphatic rings. The van der Waals surface area contributed by atoms with Crippen LogP contribution in [0.1, 0.15) is 161 Å².